The number of amides is 2. The van der Waals surface area contributed by atoms with Gasteiger partial charge in [-0.05, 0) is 12.3 Å². The van der Waals surface area contributed by atoms with Gasteiger partial charge >= 0.3 is 12.0 Å². The van der Waals surface area contributed by atoms with Crippen molar-refractivity contribution in [3.8, 4) is 0 Å². The van der Waals surface area contributed by atoms with Crippen molar-refractivity contribution in [2.24, 2.45) is 5.92 Å². The Kier molecular flexibility index (Phi) is 6.04. The van der Waals surface area contributed by atoms with Crippen LogP contribution in [0.15, 0.2) is 0 Å². The molecule has 0 bridgehead atoms. The van der Waals surface area contributed by atoms with E-state index in [1.54, 1.807) is 12.0 Å². The van der Waals surface area contributed by atoms with Gasteiger partial charge in [-0.3, -0.25) is 0 Å². The molecule has 0 radical (unpaired) electrons. The maximum atomic E-state index is 11.8. The number of aliphatic carboxylic acids is 1. The van der Waals surface area contributed by atoms with E-state index in [2.05, 4.69) is 12.2 Å². The Morgan fingerprint density at radius 3 is 2.79 bits per heavy atom. The molecule has 3 atom stereocenters. The molecule has 1 aliphatic rings. The van der Waals surface area contributed by atoms with Crippen molar-refractivity contribution in [1.29, 1.82) is 0 Å². The van der Waals surface area contributed by atoms with Crippen molar-refractivity contribution in [1.82, 2.24) is 10.2 Å². The molecule has 1 rings (SSSR count). The number of hydrogen-bond acceptors (Lipinski definition) is 4. The number of carboxylic acid groups (broad SMARTS) is 1. The van der Waals surface area contributed by atoms with E-state index in [-0.39, 0.29) is 25.1 Å². The Bertz CT molecular complexity index is 323. The van der Waals surface area contributed by atoms with Gasteiger partial charge in [-0.15, -0.1) is 0 Å². The average molecular weight is 274 g/mol. The quantitative estimate of drug-likeness (QED) is 0.649. The molecule has 0 aromatic carbocycles. The number of hydrogen-bond donors (Lipinski definition) is 3. The Morgan fingerprint density at radius 1 is 1.53 bits per heavy atom. The highest BCUT2D eigenvalue weighted by atomic mass is 16.5. The van der Waals surface area contributed by atoms with Crippen LogP contribution >= 0.6 is 0 Å². The van der Waals surface area contributed by atoms with Crippen molar-refractivity contribution < 1.29 is 24.5 Å². The highest BCUT2D eigenvalue weighted by Gasteiger charge is 2.28. The number of nitrogens with one attached hydrogen (secondary N) is 1. The molecule has 110 valence electrons. The number of ether oxygens (including phenoxy) is 1. The minimum absolute atomic E-state index is 0.000970. The summed E-state index contributed by atoms with van der Waals surface area (Å²) in [4.78, 5) is 23.9. The summed E-state index contributed by atoms with van der Waals surface area (Å²) in [5, 5.41) is 20.2. The lowest BCUT2D eigenvalue weighted by Crippen LogP contribution is -2.50. The summed E-state index contributed by atoms with van der Waals surface area (Å²) in [5.41, 5.74) is 0. The van der Waals surface area contributed by atoms with E-state index in [1.165, 1.54) is 0 Å². The van der Waals surface area contributed by atoms with E-state index < -0.39 is 12.1 Å². The highest BCUT2D eigenvalue weighted by molar-refractivity contribution is 5.75. The highest BCUT2D eigenvalue weighted by Crippen LogP contribution is 2.19. The second-order valence-electron chi connectivity index (χ2n) is 4.86. The van der Waals surface area contributed by atoms with E-state index in [9.17, 15) is 9.59 Å². The second kappa shape index (κ2) is 7.30. The molecule has 3 unspecified atom stereocenters. The molecule has 0 saturated carbocycles. The largest absolute Gasteiger partial charge is 0.479 e. The van der Waals surface area contributed by atoms with Crippen molar-refractivity contribution >= 4 is 12.0 Å². The number of methoxy groups -OCH3 is 1. The number of likely N-dealkylation sites (tertiary alicyclic amines) is 1. The van der Waals surface area contributed by atoms with Crippen LogP contribution < -0.4 is 5.32 Å². The molecule has 0 spiro atoms. The molecule has 7 heteroatoms. The molecular formula is C12H22N2O5. The third kappa shape index (κ3) is 4.68. The fourth-order valence-electron chi connectivity index (χ4n) is 2.08. The molecule has 1 fully saturated rings. The SMILES string of the molecule is COC1CN(C(=O)NCCC(O)C(=O)O)CCC1C. The smallest absolute Gasteiger partial charge is 0.332 e. The summed E-state index contributed by atoms with van der Waals surface area (Å²) in [6.07, 6.45) is -0.527. The summed E-state index contributed by atoms with van der Waals surface area (Å²) in [5.74, 6) is -0.858. The summed E-state index contributed by atoms with van der Waals surface area (Å²) in [6.45, 7) is 3.42. The number of urea groups is 1. The van der Waals surface area contributed by atoms with E-state index in [0.717, 1.165) is 6.42 Å². The first kappa shape index (κ1) is 15.7. The van der Waals surface area contributed by atoms with Crippen LogP contribution in [0.4, 0.5) is 4.79 Å². The van der Waals surface area contributed by atoms with Crippen LogP contribution in [0.25, 0.3) is 0 Å². The number of nitrogens with zero attached hydrogens (tertiary/aromatic N) is 1. The fraction of sp³-hybridized carbons (Fsp3) is 0.833. The molecule has 1 aliphatic heterocycles. The number of piperidine rings is 1. The standard InChI is InChI=1S/C12H22N2O5/c1-8-4-6-14(7-10(8)19-2)12(18)13-5-3-9(15)11(16)17/h8-10,15H,3-7H2,1-2H3,(H,13,18)(H,16,17). The minimum Gasteiger partial charge on any atom is -0.479 e. The van der Waals surface area contributed by atoms with Gasteiger partial charge in [-0.2, -0.15) is 0 Å². The molecule has 2 amide bonds. The van der Waals surface area contributed by atoms with Gasteiger partial charge in [0.05, 0.1) is 6.10 Å². The van der Waals surface area contributed by atoms with Gasteiger partial charge < -0.3 is 25.2 Å². The normalized spacial score (nSPS) is 24.9. The lowest BCUT2D eigenvalue weighted by atomic mass is 9.96. The molecule has 1 saturated heterocycles. The first-order chi connectivity index (χ1) is 8.95. The molecule has 0 aromatic heterocycles. The van der Waals surface area contributed by atoms with Gasteiger partial charge in [0.2, 0.25) is 0 Å². The van der Waals surface area contributed by atoms with Gasteiger partial charge in [-0.25, -0.2) is 9.59 Å². The molecular weight excluding hydrogens is 252 g/mol. The lowest BCUT2D eigenvalue weighted by Gasteiger charge is -2.36. The summed E-state index contributed by atoms with van der Waals surface area (Å²) < 4.78 is 5.32. The van der Waals surface area contributed by atoms with Crippen LogP contribution in [0.1, 0.15) is 19.8 Å². The predicted octanol–water partition coefficient (Wildman–Crippen LogP) is -0.112. The molecule has 7 nitrogen and oxygen atoms in total. The molecule has 19 heavy (non-hydrogen) atoms. The third-order valence-corrected chi connectivity index (χ3v) is 3.46. The maximum absolute atomic E-state index is 11.8. The number of carbonyl (C=O) groups is 2. The maximum Gasteiger partial charge on any atom is 0.332 e. The number of aliphatic hydroxyl groups excluding tert-OH is 1. The van der Waals surface area contributed by atoms with Crippen LogP contribution in [0, 0.1) is 5.92 Å². The number of carbonyl (C=O) groups excluding carboxylic acids is 1. The minimum atomic E-state index is -1.44. The molecule has 0 aliphatic carbocycles. The van der Waals surface area contributed by atoms with Gasteiger partial charge in [0.25, 0.3) is 0 Å². The fourth-order valence-corrected chi connectivity index (χ4v) is 2.08. The molecule has 1 heterocycles. The van der Waals surface area contributed by atoms with Crippen LogP contribution in [0.5, 0.6) is 0 Å². The van der Waals surface area contributed by atoms with Crippen molar-refractivity contribution in [3.05, 3.63) is 0 Å². The van der Waals surface area contributed by atoms with Crippen LogP contribution in [-0.2, 0) is 9.53 Å². The summed E-state index contributed by atoms with van der Waals surface area (Å²) in [7, 11) is 1.63. The summed E-state index contributed by atoms with van der Waals surface area (Å²) >= 11 is 0. The Morgan fingerprint density at radius 2 is 2.21 bits per heavy atom. The van der Waals surface area contributed by atoms with Crippen LogP contribution in [0.3, 0.4) is 0 Å². The third-order valence-electron chi connectivity index (χ3n) is 3.46. The summed E-state index contributed by atoms with van der Waals surface area (Å²) in [6, 6.07) is -0.244. The van der Waals surface area contributed by atoms with Crippen molar-refractivity contribution in [2.45, 2.75) is 32.0 Å². The Balaban J connectivity index is 2.32. The number of rotatable bonds is 5. The van der Waals surface area contributed by atoms with Gasteiger partial charge in [0, 0.05) is 33.2 Å². The number of carboxylic acids is 1. The first-order valence-corrected chi connectivity index (χ1v) is 6.42. The predicted molar refractivity (Wildman–Crippen MR) is 67.8 cm³/mol. The van der Waals surface area contributed by atoms with E-state index >= 15 is 0 Å². The van der Waals surface area contributed by atoms with Crippen molar-refractivity contribution in [2.75, 3.05) is 26.7 Å². The topological polar surface area (TPSA) is 99.1 Å². The molecule has 0 aromatic rings. The zero-order valence-electron chi connectivity index (χ0n) is 11.3. The van der Waals surface area contributed by atoms with E-state index in [0.29, 0.717) is 19.0 Å². The van der Waals surface area contributed by atoms with Gasteiger partial charge in [-0.1, -0.05) is 6.92 Å². The van der Waals surface area contributed by atoms with Crippen molar-refractivity contribution in [3.63, 3.8) is 0 Å². The Hall–Kier alpha value is -1.34. The Labute approximate surface area is 112 Å². The second-order valence-corrected chi connectivity index (χ2v) is 4.86. The number of aliphatic hydroxyl groups is 1. The van der Waals surface area contributed by atoms with Crippen LogP contribution in [-0.4, -0.2) is 66.1 Å². The zero-order chi connectivity index (χ0) is 14.4. The average Bonchev–Trinajstić information content (AvgIpc) is 2.38. The molecule has 3 N–H and O–H groups in total. The monoisotopic (exact) mass is 274 g/mol. The first-order valence-electron chi connectivity index (χ1n) is 6.42. The van der Waals surface area contributed by atoms with E-state index in [4.69, 9.17) is 14.9 Å². The van der Waals surface area contributed by atoms with Gasteiger partial charge in [0.15, 0.2) is 6.10 Å². The lowest BCUT2D eigenvalue weighted by molar-refractivity contribution is -0.146. The zero-order valence-corrected chi connectivity index (χ0v) is 11.3. The van der Waals surface area contributed by atoms with Gasteiger partial charge in [0.1, 0.15) is 0 Å². The van der Waals surface area contributed by atoms with Crippen LogP contribution in [0.2, 0.25) is 0 Å². The van der Waals surface area contributed by atoms with E-state index in [1.807, 2.05) is 0 Å².